The van der Waals surface area contributed by atoms with Gasteiger partial charge in [-0.15, -0.1) is 0 Å². The highest BCUT2D eigenvalue weighted by atomic mass is 19.2. The van der Waals surface area contributed by atoms with E-state index in [0.717, 1.165) is 0 Å². The van der Waals surface area contributed by atoms with Crippen molar-refractivity contribution in [1.82, 2.24) is 0 Å². The Balaban J connectivity index is 2.51. The van der Waals surface area contributed by atoms with Crippen molar-refractivity contribution in [3.63, 3.8) is 0 Å². The van der Waals surface area contributed by atoms with Crippen molar-refractivity contribution in [2.75, 3.05) is 0 Å². The predicted molar refractivity (Wildman–Crippen MR) is 68.6 cm³/mol. The minimum absolute atomic E-state index is 0.0484. The Bertz CT molecular complexity index is 682. The topological polar surface area (TPSA) is 0 Å². The molecule has 0 unspecified atom stereocenters. The maximum Gasteiger partial charge on any atom is 0.203 e. The number of rotatable bonds is 2. The molecule has 0 aliphatic rings. The molecule has 0 atom stereocenters. The highest BCUT2D eigenvalue weighted by Gasteiger charge is 2.19. The second-order valence-corrected chi connectivity index (χ2v) is 4.63. The molecule has 0 saturated carbocycles. The Kier molecular flexibility index (Phi) is 3.83. The maximum atomic E-state index is 13.8. The van der Waals surface area contributed by atoms with Gasteiger partial charge in [0.1, 0.15) is 29.1 Å². The summed E-state index contributed by atoms with van der Waals surface area (Å²) < 4.78 is 67.3. The number of halogens is 5. The Morgan fingerprint density at radius 1 is 0.750 bits per heavy atom. The van der Waals surface area contributed by atoms with Crippen molar-refractivity contribution in [3.8, 4) is 0 Å². The number of hydrogen-bond acceptors (Lipinski definition) is 0. The lowest BCUT2D eigenvalue weighted by molar-refractivity contribution is 0.542. The molecule has 0 aliphatic carbocycles. The Morgan fingerprint density at radius 2 is 1.35 bits per heavy atom. The van der Waals surface area contributed by atoms with Gasteiger partial charge in [0.15, 0.2) is 0 Å². The Labute approximate surface area is 113 Å². The quantitative estimate of drug-likeness (QED) is 0.587. The first-order valence-electron chi connectivity index (χ1n) is 5.88. The van der Waals surface area contributed by atoms with Gasteiger partial charge in [0.25, 0.3) is 0 Å². The maximum absolute atomic E-state index is 13.8. The van der Waals surface area contributed by atoms with E-state index in [9.17, 15) is 22.0 Å². The number of benzene rings is 2. The minimum Gasteiger partial charge on any atom is -0.207 e. The van der Waals surface area contributed by atoms with E-state index in [1.807, 2.05) is 0 Å². The van der Waals surface area contributed by atoms with Gasteiger partial charge < -0.3 is 0 Å². The smallest absolute Gasteiger partial charge is 0.203 e. The largest absolute Gasteiger partial charge is 0.207 e. The number of hydrogen-bond donors (Lipinski definition) is 0. The van der Waals surface area contributed by atoms with Gasteiger partial charge in [0.2, 0.25) is 7.28 Å². The van der Waals surface area contributed by atoms with Gasteiger partial charge in [-0.3, -0.25) is 0 Å². The Hall–Kier alpha value is -1.85. The molecule has 2 aromatic rings. The SMILES string of the molecule is Cc1cc(Bc2c(F)cc(F)c(C)c2F)c(F)cc1F. The van der Waals surface area contributed by atoms with Crippen LogP contribution in [0.25, 0.3) is 0 Å². The van der Waals surface area contributed by atoms with E-state index in [1.165, 1.54) is 19.9 Å². The van der Waals surface area contributed by atoms with Crippen LogP contribution in [0.4, 0.5) is 22.0 Å². The summed E-state index contributed by atoms with van der Waals surface area (Å²) in [5.74, 6) is -4.77. The average Bonchev–Trinajstić information content (AvgIpc) is 2.38. The van der Waals surface area contributed by atoms with Crippen molar-refractivity contribution in [2.24, 2.45) is 0 Å². The molecule has 0 nitrogen and oxygen atoms in total. The molecule has 6 heteroatoms. The molecule has 2 rings (SSSR count). The van der Waals surface area contributed by atoms with Crippen molar-refractivity contribution >= 4 is 18.2 Å². The summed E-state index contributed by atoms with van der Waals surface area (Å²) in [7, 11) is -0.411. The highest BCUT2D eigenvalue weighted by molar-refractivity contribution is 6.67. The molecule has 0 aliphatic heterocycles. The third-order valence-electron chi connectivity index (χ3n) is 3.19. The summed E-state index contributed by atoms with van der Waals surface area (Å²) >= 11 is 0. The van der Waals surface area contributed by atoms with Crippen LogP contribution in [0.2, 0.25) is 0 Å². The van der Waals surface area contributed by atoms with Crippen LogP contribution < -0.4 is 10.9 Å². The minimum atomic E-state index is -1.09. The average molecular weight is 284 g/mol. The molecule has 20 heavy (non-hydrogen) atoms. The van der Waals surface area contributed by atoms with Crippen LogP contribution in [-0.4, -0.2) is 7.28 Å². The molecule has 0 radical (unpaired) electrons. The molecule has 0 amide bonds. The Morgan fingerprint density at radius 3 is 2.00 bits per heavy atom. The van der Waals surface area contributed by atoms with E-state index in [4.69, 9.17) is 0 Å². The van der Waals surface area contributed by atoms with E-state index in [-0.39, 0.29) is 16.6 Å². The molecule has 0 spiro atoms. The van der Waals surface area contributed by atoms with Crippen LogP contribution in [0.5, 0.6) is 0 Å². The standard InChI is InChI=1S/C14H10BF5/c1-6-3-8(11(18)4-9(6)16)15-13-12(19)5-10(17)7(2)14(13)20/h3-5,15H,1-2H3. The van der Waals surface area contributed by atoms with Gasteiger partial charge in [-0.05, 0) is 30.3 Å². The van der Waals surface area contributed by atoms with E-state index < -0.39 is 41.8 Å². The van der Waals surface area contributed by atoms with Crippen LogP contribution in [0.1, 0.15) is 11.1 Å². The first-order chi connectivity index (χ1) is 9.31. The van der Waals surface area contributed by atoms with E-state index in [2.05, 4.69) is 0 Å². The van der Waals surface area contributed by atoms with Crippen molar-refractivity contribution < 1.29 is 22.0 Å². The molecule has 0 aromatic heterocycles. The molecular formula is C14H10BF5. The zero-order chi connectivity index (χ0) is 15.0. The first-order valence-corrected chi connectivity index (χ1v) is 5.88. The summed E-state index contributed by atoms with van der Waals surface area (Å²) in [4.78, 5) is 0. The monoisotopic (exact) mass is 284 g/mol. The van der Waals surface area contributed by atoms with Crippen molar-refractivity contribution in [3.05, 3.63) is 58.4 Å². The second-order valence-electron chi connectivity index (χ2n) is 4.63. The third kappa shape index (κ3) is 2.55. The predicted octanol–water partition coefficient (Wildman–Crippen LogP) is 2.39. The molecule has 2 aromatic carbocycles. The molecule has 0 heterocycles. The van der Waals surface area contributed by atoms with Gasteiger partial charge in [-0.2, -0.15) is 0 Å². The van der Waals surface area contributed by atoms with Gasteiger partial charge in [0, 0.05) is 17.7 Å². The first kappa shape index (κ1) is 14.6. The molecular weight excluding hydrogens is 274 g/mol. The van der Waals surface area contributed by atoms with E-state index in [0.29, 0.717) is 12.1 Å². The van der Waals surface area contributed by atoms with Crippen molar-refractivity contribution in [1.29, 1.82) is 0 Å². The summed E-state index contributed by atoms with van der Waals surface area (Å²) in [5.41, 5.74) is -0.650. The van der Waals surface area contributed by atoms with Crippen LogP contribution in [0.3, 0.4) is 0 Å². The van der Waals surface area contributed by atoms with Crippen LogP contribution in [0.15, 0.2) is 18.2 Å². The van der Waals surface area contributed by atoms with Gasteiger partial charge >= 0.3 is 0 Å². The lowest BCUT2D eigenvalue weighted by atomic mass is 9.62. The molecule has 0 saturated heterocycles. The van der Waals surface area contributed by atoms with E-state index in [1.54, 1.807) is 0 Å². The van der Waals surface area contributed by atoms with Crippen molar-refractivity contribution in [2.45, 2.75) is 13.8 Å². The summed E-state index contributed by atoms with van der Waals surface area (Å²) in [6, 6.07) is 2.40. The van der Waals surface area contributed by atoms with Crippen LogP contribution >= 0.6 is 0 Å². The molecule has 104 valence electrons. The van der Waals surface area contributed by atoms with E-state index >= 15 is 0 Å². The zero-order valence-electron chi connectivity index (χ0n) is 10.8. The molecule has 0 N–H and O–H groups in total. The van der Waals surface area contributed by atoms with Crippen LogP contribution in [-0.2, 0) is 0 Å². The lowest BCUT2D eigenvalue weighted by Gasteiger charge is -2.09. The zero-order valence-corrected chi connectivity index (χ0v) is 10.8. The summed E-state index contributed by atoms with van der Waals surface area (Å²) in [5, 5.41) is 0. The second kappa shape index (κ2) is 5.27. The van der Waals surface area contributed by atoms with Crippen LogP contribution in [0, 0.1) is 42.9 Å². The fourth-order valence-electron chi connectivity index (χ4n) is 1.95. The highest BCUT2D eigenvalue weighted by Crippen LogP contribution is 2.12. The fraction of sp³-hybridized carbons (Fsp3) is 0.143. The fourth-order valence-corrected chi connectivity index (χ4v) is 1.95. The molecule has 0 bridgehead atoms. The lowest BCUT2D eigenvalue weighted by Crippen LogP contribution is -2.35. The number of aryl methyl sites for hydroxylation is 1. The molecule has 0 fully saturated rings. The van der Waals surface area contributed by atoms with Gasteiger partial charge in [0.05, 0.1) is 0 Å². The van der Waals surface area contributed by atoms with Gasteiger partial charge in [-0.25, -0.2) is 22.0 Å². The normalized spacial score (nSPS) is 10.8. The van der Waals surface area contributed by atoms with Gasteiger partial charge in [-0.1, -0.05) is 6.07 Å². The summed E-state index contributed by atoms with van der Waals surface area (Å²) in [6.07, 6.45) is 0. The third-order valence-corrected chi connectivity index (χ3v) is 3.19. The summed E-state index contributed by atoms with van der Waals surface area (Å²) in [6.45, 7) is 2.58.